The first-order valence-corrected chi connectivity index (χ1v) is 7.63. The molecule has 18 heavy (non-hydrogen) atoms. The second-order valence-corrected chi connectivity index (χ2v) is 6.38. The molecule has 0 spiro atoms. The molecule has 1 saturated heterocycles. The molecule has 1 N–H and O–H groups in total. The van der Waals surface area contributed by atoms with E-state index in [-0.39, 0.29) is 17.3 Å². The third-order valence-electron chi connectivity index (χ3n) is 2.68. The quantitative estimate of drug-likeness (QED) is 0.841. The summed E-state index contributed by atoms with van der Waals surface area (Å²) < 4.78 is 4.67. The molecule has 6 heteroatoms. The van der Waals surface area contributed by atoms with Gasteiger partial charge in [-0.05, 0) is 31.4 Å². The summed E-state index contributed by atoms with van der Waals surface area (Å²) in [5, 5.41) is 3.19. The second kappa shape index (κ2) is 6.24. The molecule has 1 aliphatic heterocycles. The lowest BCUT2D eigenvalue weighted by Gasteiger charge is -2.07. The van der Waals surface area contributed by atoms with Gasteiger partial charge in [0, 0.05) is 4.88 Å². The molecule has 1 amide bonds. The molecule has 0 radical (unpaired) electrons. The van der Waals surface area contributed by atoms with Gasteiger partial charge in [-0.2, -0.15) is 0 Å². The van der Waals surface area contributed by atoms with Crippen LogP contribution < -0.4 is 5.32 Å². The van der Waals surface area contributed by atoms with Crippen LogP contribution in [-0.2, 0) is 16.0 Å². The Labute approximate surface area is 114 Å². The average molecular weight is 285 g/mol. The van der Waals surface area contributed by atoms with Crippen molar-refractivity contribution in [1.29, 1.82) is 0 Å². The first kappa shape index (κ1) is 13.4. The topological polar surface area (TPSA) is 55.4 Å². The van der Waals surface area contributed by atoms with Crippen molar-refractivity contribution in [1.82, 2.24) is 5.32 Å². The minimum atomic E-state index is -0.273. The Morgan fingerprint density at radius 1 is 1.56 bits per heavy atom. The number of carbonyl (C=O) groups is 2. The van der Waals surface area contributed by atoms with Crippen LogP contribution >= 0.6 is 23.1 Å². The van der Waals surface area contributed by atoms with Crippen LogP contribution in [0, 0.1) is 0 Å². The predicted octanol–water partition coefficient (Wildman–Crippen LogP) is 2.05. The molecule has 1 aromatic heterocycles. The Kier molecular flexibility index (Phi) is 4.66. The first-order chi connectivity index (χ1) is 8.69. The van der Waals surface area contributed by atoms with Crippen LogP contribution in [0.3, 0.4) is 0 Å². The summed E-state index contributed by atoms with van der Waals surface area (Å²) in [6.07, 6.45) is 2.93. The summed E-state index contributed by atoms with van der Waals surface area (Å²) in [6, 6.07) is 3.77. The van der Waals surface area contributed by atoms with Gasteiger partial charge in [0.15, 0.2) is 0 Å². The maximum absolute atomic E-state index is 11.3. The number of hydrogen-bond acceptors (Lipinski definition) is 5. The zero-order chi connectivity index (χ0) is 13.0. The molecule has 4 nitrogen and oxygen atoms in total. The van der Waals surface area contributed by atoms with Gasteiger partial charge in [0.2, 0.25) is 5.91 Å². The lowest BCUT2D eigenvalue weighted by molar-refractivity contribution is -0.118. The number of rotatable bonds is 5. The highest BCUT2D eigenvalue weighted by Gasteiger charge is 2.20. The van der Waals surface area contributed by atoms with E-state index in [0.29, 0.717) is 10.6 Å². The van der Waals surface area contributed by atoms with Crippen molar-refractivity contribution >= 4 is 35.0 Å². The SMILES string of the molecule is COC(=O)c1ccc(CCCC2NC(=O)CS2)s1. The zero-order valence-corrected chi connectivity index (χ0v) is 11.7. The van der Waals surface area contributed by atoms with Crippen LogP contribution in [0.2, 0.25) is 0 Å². The molecule has 0 aromatic carbocycles. The fourth-order valence-electron chi connectivity index (χ4n) is 1.78. The van der Waals surface area contributed by atoms with Gasteiger partial charge in [-0.3, -0.25) is 4.79 Å². The van der Waals surface area contributed by atoms with Gasteiger partial charge >= 0.3 is 5.97 Å². The molecule has 2 heterocycles. The Morgan fingerprint density at radius 3 is 3.06 bits per heavy atom. The van der Waals surface area contributed by atoms with Crippen LogP contribution in [0.1, 0.15) is 27.4 Å². The van der Waals surface area contributed by atoms with Crippen molar-refractivity contribution in [2.75, 3.05) is 12.9 Å². The summed E-state index contributed by atoms with van der Waals surface area (Å²) in [4.78, 5) is 24.1. The van der Waals surface area contributed by atoms with E-state index in [0.717, 1.165) is 19.3 Å². The molecule has 1 aromatic rings. The minimum Gasteiger partial charge on any atom is -0.465 e. The van der Waals surface area contributed by atoms with E-state index >= 15 is 0 Å². The van der Waals surface area contributed by atoms with E-state index in [4.69, 9.17) is 0 Å². The number of amides is 1. The number of hydrogen-bond donors (Lipinski definition) is 1. The fourth-order valence-corrected chi connectivity index (χ4v) is 3.73. The Bertz CT molecular complexity index is 444. The number of thioether (sulfide) groups is 1. The summed E-state index contributed by atoms with van der Waals surface area (Å²) in [5.74, 6) is 0.440. The van der Waals surface area contributed by atoms with Crippen molar-refractivity contribution in [3.8, 4) is 0 Å². The molecule has 1 fully saturated rings. The molecule has 2 rings (SSSR count). The number of thiophene rings is 1. The molecule has 0 aliphatic carbocycles. The maximum atomic E-state index is 11.3. The maximum Gasteiger partial charge on any atom is 0.348 e. The van der Waals surface area contributed by atoms with Crippen molar-refractivity contribution < 1.29 is 14.3 Å². The molecule has 1 atom stereocenters. The Balaban J connectivity index is 1.75. The zero-order valence-electron chi connectivity index (χ0n) is 10.1. The average Bonchev–Trinajstić information content (AvgIpc) is 2.98. The Hall–Kier alpha value is -1.01. The largest absolute Gasteiger partial charge is 0.465 e. The third kappa shape index (κ3) is 3.49. The van der Waals surface area contributed by atoms with Crippen LogP contribution in [0.4, 0.5) is 0 Å². The Morgan fingerprint density at radius 2 is 2.39 bits per heavy atom. The molecular formula is C12H15NO3S2. The van der Waals surface area contributed by atoms with E-state index in [9.17, 15) is 9.59 Å². The summed E-state index contributed by atoms with van der Waals surface area (Å²) in [6.45, 7) is 0. The second-order valence-electron chi connectivity index (χ2n) is 4.02. The number of aryl methyl sites for hydroxylation is 1. The number of methoxy groups -OCH3 is 1. The van der Waals surface area contributed by atoms with E-state index in [1.165, 1.54) is 23.3 Å². The highest BCUT2D eigenvalue weighted by molar-refractivity contribution is 8.01. The van der Waals surface area contributed by atoms with E-state index in [1.54, 1.807) is 17.8 Å². The molecular weight excluding hydrogens is 270 g/mol. The highest BCUT2D eigenvalue weighted by Crippen LogP contribution is 2.23. The number of nitrogens with one attached hydrogen (secondary N) is 1. The predicted molar refractivity (Wildman–Crippen MR) is 73.0 cm³/mol. The van der Waals surface area contributed by atoms with Crippen molar-refractivity contribution in [3.05, 3.63) is 21.9 Å². The van der Waals surface area contributed by atoms with Gasteiger partial charge in [0.1, 0.15) is 4.88 Å². The van der Waals surface area contributed by atoms with E-state index in [1.807, 2.05) is 6.07 Å². The van der Waals surface area contributed by atoms with Crippen molar-refractivity contribution in [3.63, 3.8) is 0 Å². The van der Waals surface area contributed by atoms with Crippen LogP contribution in [0.5, 0.6) is 0 Å². The number of ether oxygens (including phenoxy) is 1. The van der Waals surface area contributed by atoms with Crippen molar-refractivity contribution in [2.45, 2.75) is 24.6 Å². The molecule has 1 unspecified atom stereocenters. The highest BCUT2D eigenvalue weighted by atomic mass is 32.2. The normalized spacial score (nSPS) is 18.7. The van der Waals surface area contributed by atoms with Gasteiger partial charge in [0.25, 0.3) is 0 Å². The van der Waals surface area contributed by atoms with Crippen molar-refractivity contribution in [2.24, 2.45) is 0 Å². The fraction of sp³-hybridized carbons (Fsp3) is 0.500. The van der Waals surface area contributed by atoms with Crippen LogP contribution in [-0.4, -0.2) is 30.1 Å². The minimum absolute atomic E-state index is 0.133. The molecule has 98 valence electrons. The summed E-state index contributed by atoms with van der Waals surface area (Å²) >= 11 is 3.15. The molecule has 0 saturated carbocycles. The number of esters is 1. The lowest BCUT2D eigenvalue weighted by Crippen LogP contribution is -2.24. The van der Waals surface area contributed by atoms with Gasteiger partial charge < -0.3 is 10.1 Å². The molecule has 0 bridgehead atoms. The van der Waals surface area contributed by atoms with Gasteiger partial charge in [-0.15, -0.1) is 23.1 Å². The van der Waals surface area contributed by atoms with Gasteiger partial charge in [0.05, 0.1) is 18.2 Å². The van der Waals surface area contributed by atoms with E-state index < -0.39 is 0 Å². The number of carbonyl (C=O) groups excluding carboxylic acids is 2. The van der Waals surface area contributed by atoms with Gasteiger partial charge in [-0.1, -0.05) is 0 Å². The summed E-state index contributed by atoms with van der Waals surface area (Å²) in [7, 11) is 1.39. The van der Waals surface area contributed by atoms with Crippen LogP contribution in [0.25, 0.3) is 0 Å². The smallest absolute Gasteiger partial charge is 0.348 e. The standard InChI is InChI=1S/C12H15NO3S2/c1-16-12(15)9-6-5-8(18-9)3-2-4-11-13-10(14)7-17-11/h5-6,11H,2-4,7H2,1H3,(H,13,14). The van der Waals surface area contributed by atoms with Crippen LogP contribution in [0.15, 0.2) is 12.1 Å². The lowest BCUT2D eigenvalue weighted by atomic mass is 10.2. The monoisotopic (exact) mass is 285 g/mol. The summed E-state index contributed by atoms with van der Waals surface area (Å²) in [5.41, 5.74) is 0. The van der Waals surface area contributed by atoms with E-state index in [2.05, 4.69) is 10.1 Å². The first-order valence-electron chi connectivity index (χ1n) is 5.77. The third-order valence-corrected chi connectivity index (χ3v) is 4.99. The molecule has 1 aliphatic rings. The van der Waals surface area contributed by atoms with Gasteiger partial charge in [-0.25, -0.2) is 4.79 Å².